The van der Waals surface area contributed by atoms with Crippen molar-refractivity contribution in [3.63, 3.8) is 0 Å². The topological polar surface area (TPSA) is 12.0 Å². The van der Waals surface area contributed by atoms with E-state index in [1.54, 1.807) is 10.4 Å². The van der Waals surface area contributed by atoms with Crippen LogP contribution in [-0.2, 0) is 13.0 Å². The molecule has 0 amide bonds. The third-order valence-electron chi connectivity index (χ3n) is 3.73. The molecule has 0 spiro atoms. The molecule has 0 aromatic carbocycles. The van der Waals surface area contributed by atoms with E-state index in [1.165, 1.54) is 34.6 Å². The monoisotopic (exact) mass is 277 g/mol. The molecule has 0 aliphatic heterocycles. The molecule has 1 aliphatic rings. The molecule has 0 fully saturated rings. The first-order valence-electron chi connectivity index (χ1n) is 6.59. The number of aryl methyl sites for hydroxylation is 3. The van der Waals surface area contributed by atoms with Crippen molar-refractivity contribution in [1.82, 2.24) is 5.32 Å². The molecule has 2 aromatic rings. The molecule has 18 heavy (non-hydrogen) atoms. The smallest absolute Gasteiger partial charge is 0.0334 e. The van der Waals surface area contributed by atoms with Gasteiger partial charge < -0.3 is 5.32 Å². The molecule has 0 saturated carbocycles. The SMILES string of the molecule is Cc1cc(CNC2CCCc3sccc32)c(C)s1. The van der Waals surface area contributed by atoms with E-state index in [9.17, 15) is 0 Å². The van der Waals surface area contributed by atoms with Gasteiger partial charge in [0.25, 0.3) is 0 Å². The molecule has 1 atom stereocenters. The maximum Gasteiger partial charge on any atom is 0.0334 e. The van der Waals surface area contributed by atoms with Gasteiger partial charge in [-0.2, -0.15) is 0 Å². The van der Waals surface area contributed by atoms with Gasteiger partial charge in [0.15, 0.2) is 0 Å². The lowest BCUT2D eigenvalue weighted by molar-refractivity contribution is 0.463. The van der Waals surface area contributed by atoms with Gasteiger partial charge in [-0.25, -0.2) is 0 Å². The van der Waals surface area contributed by atoms with Crippen LogP contribution in [0.2, 0.25) is 0 Å². The van der Waals surface area contributed by atoms with Gasteiger partial charge in [-0.1, -0.05) is 0 Å². The molecule has 0 radical (unpaired) electrons. The van der Waals surface area contributed by atoms with Crippen molar-refractivity contribution in [2.75, 3.05) is 0 Å². The third kappa shape index (κ3) is 2.40. The predicted octanol–water partition coefficient (Wildman–Crippen LogP) is 4.59. The number of fused-ring (bicyclic) bond motifs is 1. The molecule has 96 valence electrons. The lowest BCUT2D eigenvalue weighted by atomic mass is 9.94. The Hall–Kier alpha value is -0.640. The zero-order valence-electron chi connectivity index (χ0n) is 11.0. The first-order chi connectivity index (χ1) is 8.74. The van der Waals surface area contributed by atoms with E-state index in [4.69, 9.17) is 0 Å². The second-order valence-electron chi connectivity index (χ2n) is 5.06. The summed E-state index contributed by atoms with van der Waals surface area (Å²) in [5, 5.41) is 5.99. The fraction of sp³-hybridized carbons (Fsp3) is 0.467. The quantitative estimate of drug-likeness (QED) is 0.865. The maximum atomic E-state index is 3.75. The summed E-state index contributed by atoms with van der Waals surface area (Å²) in [6, 6.07) is 5.20. The van der Waals surface area contributed by atoms with Crippen molar-refractivity contribution in [3.8, 4) is 0 Å². The number of hydrogen-bond acceptors (Lipinski definition) is 3. The van der Waals surface area contributed by atoms with E-state index in [0.29, 0.717) is 6.04 Å². The summed E-state index contributed by atoms with van der Waals surface area (Å²) in [6.07, 6.45) is 3.89. The van der Waals surface area contributed by atoms with E-state index in [0.717, 1.165) is 6.54 Å². The molecule has 1 unspecified atom stereocenters. The van der Waals surface area contributed by atoms with E-state index in [-0.39, 0.29) is 0 Å². The fourth-order valence-electron chi connectivity index (χ4n) is 2.79. The average Bonchev–Trinajstić information content (AvgIpc) is 2.93. The minimum absolute atomic E-state index is 0.569. The van der Waals surface area contributed by atoms with Gasteiger partial charge in [-0.05, 0) is 61.7 Å². The molecule has 0 saturated heterocycles. The normalized spacial score (nSPS) is 18.9. The lowest BCUT2D eigenvalue weighted by Crippen LogP contribution is -2.23. The Bertz CT molecular complexity index is 538. The van der Waals surface area contributed by atoms with Crippen molar-refractivity contribution in [2.45, 2.75) is 45.7 Å². The highest BCUT2D eigenvalue weighted by atomic mass is 32.1. The zero-order valence-corrected chi connectivity index (χ0v) is 12.6. The standard InChI is InChI=1S/C15H19NS2/c1-10-8-12(11(2)18-10)9-16-14-4-3-5-15-13(14)6-7-17-15/h6-8,14,16H,3-5,9H2,1-2H3. The maximum absolute atomic E-state index is 3.75. The Kier molecular flexibility index (Phi) is 3.55. The molecule has 3 heteroatoms. The lowest BCUT2D eigenvalue weighted by Gasteiger charge is -2.23. The van der Waals surface area contributed by atoms with E-state index < -0.39 is 0 Å². The van der Waals surface area contributed by atoms with Crippen LogP contribution >= 0.6 is 22.7 Å². The predicted molar refractivity (Wildman–Crippen MR) is 80.6 cm³/mol. The van der Waals surface area contributed by atoms with Crippen molar-refractivity contribution >= 4 is 22.7 Å². The second-order valence-corrected chi connectivity index (χ2v) is 7.52. The molecule has 2 aromatic heterocycles. The van der Waals surface area contributed by atoms with E-state index >= 15 is 0 Å². The summed E-state index contributed by atoms with van der Waals surface area (Å²) in [7, 11) is 0. The molecule has 1 N–H and O–H groups in total. The Morgan fingerprint density at radius 2 is 2.28 bits per heavy atom. The Balaban J connectivity index is 1.70. The highest BCUT2D eigenvalue weighted by Crippen LogP contribution is 2.33. The first-order valence-corrected chi connectivity index (χ1v) is 8.29. The minimum Gasteiger partial charge on any atom is -0.306 e. The summed E-state index contributed by atoms with van der Waals surface area (Å²) in [5.41, 5.74) is 3.02. The highest BCUT2D eigenvalue weighted by Gasteiger charge is 2.20. The van der Waals surface area contributed by atoms with Gasteiger partial charge in [-0.15, -0.1) is 22.7 Å². The van der Waals surface area contributed by atoms with Crippen LogP contribution in [-0.4, -0.2) is 0 Å². The van der Waals surface area contributed by atoms with Gasteiger partial charge in [0.05, 0.1) is 0 Å². The summed E-state index contributed by atoms with van der Waals surface area (Å²) in [5.74, 6) is 0. The summed E-state index contributed by atoms with van der Waals surface area (Å²) >= 11 is 3.83. The number of nitrogens with one attached hydrogen (secondary N) is 1. The Labute approximate surface area is 117 Å². The largest absolute Gasteiger partial charge is 0.306 e. The van der Waals surface area contributed by atoms with Gasteiger partial charge in [-0.3, -0.25) is 0 Å². The number of rotatable bonds is 3. The summed E-state index contributed by atoms with van der Waals surface area (Å²) in [6.45, 7) is 5.43. The summed E-state index contributed by atoms with van der Waals surface area (Å²) in [4.78, 5) is 4.47. The van der Waals surface area contributed by atoms with Crippen LogP contribution < -0.4 is 5.32 Å². The van der Waals surface area contributed by atoms with Crippen LogP contribution in [0.5, 0.6) is 0 Å². The van der Waals surface area contributed by atoms with Gasteiger partial charge >= 0.3 is 0 Å². The fourth-order valence-corrected chi connectivity index (χ4v) is 4.72. The van der Waals surface area contributed by atoms with Crippen LogP contribution in [0, 0.1) is 13.8 Å². The Morgan fingerprint density at radius 3 is 3.06 bits per heavy atom. The second kappa shape index (κ2) is 5.16. The Morgan fingerprint density at radius 1 is 1.39 bits per heavy atom. The van der Waals surface area contributed by atoms with Crippen molar-refractivity contribution in [3.05, 3.63) is 43.3 Å². The summed E-state index contributed by atoms with van der Waals surface area (Å²) < 4.78 is 0. The molecular weight excluding hydrogens is 258 g/mol. The van der Waals surface area contributed by atoms with Crippen LogP contribution in [0.25, 0.3) is 0 Å². The third-order valence-corrected chi connectivity index (χ3v) is 5.74. The van der Waals surface area contributed by atoms with Crippen molar-refractivity contribution < 1.29 is 0 Å². The molecule has 3 rings (SSSR count). The van der Waals surface area contributed by atoms with E-state index in [1.807, 2.05) is 22.7 Å². The van der Waals surface area contributed by atoms with Gasteiger partial charge in [0, 0.05) is 27.2 Å². The molecular formula is C15H19NS2. The average molecular weight is 277 g/mol. The van der Waals surface area contributed by atoms with Crippen LogP contribution in [0.15, 0.2) is 17.5 Å². The van der Waals surface area contributed by atoms with Crippen LogP contribution in [0.1, 0.15) is 44.6 Å². The van der Waals surface area contributed by atoms with Gasteiger partial charge in [0.1, 0.15) is 0 Å². The number of hydrogen-bond donors (Lipinski definition) is 1. The highest BCUT2D eigenvalue weighted by molar-refractivity contribution is 7.12. The number of thiophene rings is 2. The van der Waals surface area contributed by atoms with Crippen LogP contribution in [0.4, 0.5) is 0 Å². The van der Waals surface area contributed by atoms with E-state index in [2.05, 4.69) is 36.7 Å². The van der Waals surface area contributed by atoms with Crippen molar-refractivity contribution in [1.29, 1.82) is 0 Å². The molecule has 2 heterocycles. The molecule has 1 aliphatic carbocycles. The minimum atomic E-state index is 0.569. The first kappa shape index (κ1) is 12.4. The zero-order chi connectivity index (χ0) is 12.5. The van der Waals surface area contributed by atoms with Crippen LogP contribution in [0.3, 0.4) is 0 Å². The van der Waals surface area contributed by atoms with Gasteiger partial charge in [0.2, 0.25) is 0 Å². The van der Waals surface area contributed by atoms with Crippen molar-refractivity contribution in [2.24, 2.45) is 0 Å². The molecule has 1 nitrogen and oxygen atoms in total. The molecule has 0 bridgehead atoms.